The summed E-state index contributed by atoms with van der Waals surface area (Å²) in [6.45, 7) is 9.77. The summed E-state index contributed by atoms with van der Waals surface area (Å²) in [7, 11) is 0. The van der Waals surface area contributed by atoms with E-state index in [0.717, 1.165) is 5.56 Å². The number of benzene rings is 1. The Hall–Kier alpha value is -1.05. The molecule has 0 aromatic heterocycles. The third-order valence-electron chi connectivity index (χ3n) is 1.10. The number of halogens is 1. The van der Waals surface area contributed by atoms with Gasteiger partial charge in [0, 0.05) is 0 Å². The minimum Gasteiger partial charge on any atom is -0.505 e. The number of rotatable bonds is 0. The van der Waals surface area contributed by atoms with Gasteiger partial charge in [-0.25, -0.2) is 4.39 Å². The molecule has 0 spiro atoms. The lowest BCUT2D eigenvalue weighted by Crippen LogP contribution is -1.76. The fraction of sp³-hybridized carbons (Fsp3) is 0.455. The lowest BCUT2D eigenvalue weighted by molar-refractivity contribution is 0.432. The van der Waals surface area contributed by atoms with E-state index in [-0.39, 0.29) is 5.75 Å². The van der Waals surface area contributed by atoms with Crippen LogP contribution in [-0.2, 0) is 0 Å². The molecule has 0 radical (unpaired) electrons. The molecule has 0 unspecified atom stereocenters. The van der Waals surface area contributed by atoms with E-state index in [4.69, 9.17) is 5.11 Å². The van der Waals surface area contributed by atoms with E-state index in [1.807, 2.05) is 27.7 Å². The quantitative estimate of drug-likeness (QED) is 0.651. The van der Waals surface area contributed by atoms with Gasteiger partial charge in [0.2, 0.25) is 0 Å². The highest BCUT2D eigenvalue weighted by molar-refractivity contribution is 5.26. The molecule has 0 saturated carbocycles. The fourth-order valence-electron chi connectivity index (χ4n) is 0.612. The van der Waals surface area contributed by atoms with E-state index in [1.54, 1.807) is 13.0 Å². The highest BCUT2D eigenvalue weighted by Crippen LogP contribution is 2.14. The van der Waals surface area contributed by atoms with Crippen molar-refractivity contribution in [3.8, 4) is 5.75 Å². The van der Waals surface area contributed by atoms with E-state index in [2.05, 4.69) is 0 Å². The SMILES string of the molecule is CC.CC.Cc1ccc(O)c(F)c1. The molecule has 0 aliphatic carbocycles. The van der Waals surface area contributed by atoms with Gasteiger partial charge in [-0.1, -0.05) is 33.8 Å². The number of phenols is 1. The van der Waals surface area contributed by atoms with Crippen molar-refractivity contribution in [1.82, 2.24) is 0 Å². The Bertz CT molecular complexity index is 221. The lowest BCUT2D eigenvalue weighted by atomic mass is 10.2. The van der Waals surface area contributed by atoms with E-state index in [9.17, 15) is 4.39 Å². The molecule has 0 heterocycles. The van der Waals surface area contributed by atoms with Crippen LogP contribution < -0.4 is 0 Å². The summed E-state index contributed by atoms with van der Waals surface area (Å²) < 4.78 is 12.3. The molecule has 1 N–H and O–H groups in total. The van der Waals surface area contributed by atoms with E-state index in [1.165, 1.54) is 12.1 Å². The van der Waals surface area contributed by atoms with Gasteiger partial charge in [0.1, 0.15) is 0 Å². The van der Waals surface area contributed by atoms with Crippen molar-refractivity contribution in [2.45, 2.75) is 34.6 Å². The lowest BCUT2D eigenvalue weighted by Gasteiger charge is -1.93. The Labute approximate surface area is 80.2 Å². The Morgan fingerprint density at radius 1 is 1.08 bits per heavy atom. The number of aromatic hydroxyl groups is 1. The minimum atomic E-state index is -0.560. The van der Waals surface area contributed by atoms with Gasteiger partial charge in [-0.3, -0.25) is 0 Å². The van der Waals surface area contributed by atoms with Gasteiger partial charge in [-0.05, 0) is 24.6 Å². The van der Waals surface area contributed by atoms with Crippen molar-refractivity contribution in [2.75, 3.05) is 0 Å². The number of hydrogen-bond acceptors (Lipinski definition) is 1. The van der Waals surface area contributed by atoms with E-state index < -0.39 is 5.82 Å². The van der Waals surface area contributed by atoms with Crippen LogP contribution in [0.3, 0.4) is 0 Å². The van der Waals surface area contributed by atoms with Crippen molar-refractivity contribution in [3.05, 3.63) is 29.6 Å². The molecule has 1 aromatic rings. The molecule has 1 rings (SSSR count). The fourth-order valence-corrected chi connectivity index (χ4v) is 0.612. The van der Waals surface area contributed by atoms with E-state index in [0.29, 0.717) is 0 Å². The van der Waals surface area contributed by atoms with Gasteiger partial charge >= 0.3 is 0 Å². The standard InChI is InChI=1S/C7H7FO.2C2H6/c1-5-2-3-7(9)6(8)4-5;2*1-2/h2-4,9H,1H3;2*1-2H3. The monoisotopic (exact) mass is 186 g/mol. The van der Waals surface area contributed by atoms with Crippen LogP contribution in [-0.4, -0.2) is 5.11 Å². The zero-order valence-corrected chi connectivity index (χ0v) is 9.06. The molecular formula is C11H19FO. The minimum absolute atomic E-state index is 0.291. The molecule has 0 amide bonds. The van der Waals surface area contributed by atoms with Gasteiger partial charge in [0.05, 0.1) is 0 Å². The molecule has 1 nitrogen and oxygen atoms in total. The average molecular weight is 186 g/mol. The van der Waals surface area contributed by atoms with Crippen molar-refractivity contribution >= 4 is 0 Å². The topological polar surface area (TPSA) is 20.2 Å². The summed E-state index contributed by atoms with van der Waals surface area (Å²) in [4.78, 5) is 0. The first kappa shape index (κ1) is 14.5. The summed E-state index contributed by atoms with van der Waals surface area (Å²) in [6.07, 6.45) is 0. The predicted molar refractivity (Wildman–Crippen MR) is 55.5 cm³/mol. The number of aryl methyl sites for hydroxylation is 1. The van der Waals surface area contributed by atoms with Crippen LogP contribution in [0.4, 0.5) is 4.39 Å². The highest BCUT2D eigenvalue weighted by atomic mass is 19.1. The maximum atomic E-state index is 12.3. The van der Waals surface area contributed by atoms with Crippen LogP contribution in [0.15, 0.2) is 18.2 Å². The Kier molecular flexibility index (Phi) is 10.1. The second-order valence-corrected chi connectivity index (χ2v) is 1.95. The van der Waals surface area contributed by atoms with Crippen molar-refractivity contribution < 1.29 is 9.50 Å². The molecule has 0 saturated heterocycles. The average Bonchev–Trinajstić information content (AvgIpc) is 2.18. The van der Waals surface area contributed by atoms with E-state index >= 15 is 0 Å². The van der Waals surface area contributed by atoms with Crippen LogP contribution in [0.5, 0.6) is 5.75 Å². The van der Waals surface area contributed by atoms with Crippen molar-refractivity contribution in [2.24, 2.45) is 0 Å². The highest BCUT2D eigenvalue weighted by Gasteiger charge is 1.96. The molecule has 0 fully saturated rings. The van der Waals surface area contributed by atoms with Crippen LogP contribution in [0, 0.1) is 12.7 Å². The smallest absolute Gasteiger partial charge is 0.165 e. The molecular weight excluding hydrogens is 167 g/mol. The number of phenolic OH excluding ortho intramolecular Hbond substituents is 1. The van der Waals surface area contributed by atoms with Crippen LogP contribution in [0.25, 0.3) is 0 Å². The molecule has 2 heteroatoms. The summed E-state index contributed by atoms with van der Waals surface area (Å²) >= 11 is 0. The Morgan fingerprint density at radius 2 is 1.54 bits per heavy atom. The summed E-state index contributed by atoms with van der Waals surface area (Å²) in [5.41, 5.74) is 0.810. The van der Waals surface area contributed by atoms with Gasteiger partial charge < -0.3 is 5.11 Å². The number of hydrogen-bond donors (Lipinski definition) is 1. The predicted octanol–water partition coefficient (Wildman–Crippen LogP) is 3.89. The molecule has 13 heavy (non-hydrogen) atoms. The molecule has 76 valence electrons. The second kappa shape index (κ2) is 9.04. The first-order chi connectivity index (χ1) is 6.20. The molecule has 0 aliphatic heterocycles. The van der Waals surface area contributed by atoms with Gasteiger partial charge in [-0.2, -0.15) is 0 Å². The Morgan fingerprint density at radius 3 is 1.85 bits per heavy atom. The third-order valence-corrected chi connectivity index (χ3v) is 1.10. The van der Waals surface area contributed by atoms with Crippen molar-refractivity contribution in [3.63, 3.8) is 0 Å². The van der Waals surface area contributed by atoms with Gasteiger partial charge in [0.15, 0.2) is 11.6 Å². The maximum Gasteiger partial charge on any atom is 0.165 e. The molecule has 0 aliphatic rings. The second-order valence-electron chi connectivity index (χ2n) is 1.95. The van der Waals surface area contributed by atoms with Crippen LogP contribution in [0.1, 0.15) is 33.3 Å². The normalized spacial score (nSPS) is 7.54. The third kappa shape index (κ3) is 6.14. The van der Waals surface area contributed by atoms with Crippen LogP contribution in [0.2, 0.25) is 0 Å². The summed E-state index contributed by atoms with van der Waals surface area (Å²) in [5.74, 6) is -0.851. The van der Waals surface area contributed by atoms with Gasteiger partial charge in [-0.15, -0.1) is 0 Å². The summed E-state index contributed by atoms with van der Waals surface area (Å²) in [6, 6.07) is 4.28. The van der Waals surface area contributed by atoms with Gasteiger partial charge in [0.25, 0.3) is 0 Å². The zero-order chi connectivity index (χ0) is 10.9. The zero-order valence-electron chi connectivity index (χ0n) is 9.06. The Balaban J connectivity index is 0. The largest absolute Gasteiger partial charge is 0.505 e. The van der Waals surface area contributed by atoms with Crippen molar-refractivity contribution in [1.29, 1.82) is 0 Å². The molecule has 0 bridgehead atoms. The van der Waals surface area contributed by atoms with Crippen LogP contribution >= 0.6 is 0 Å². The first-order valence-electron chi connectivity index (χ1n) is 4.65. The molecule has 1 aromatic carbocycles. The maximum absolute atomic E-state index is 12.3. The summed E-state index contributed by atoms with van der Waals surface area (Å²) in [5, 5.41) is 8.67. The molecule has 0 atom stereocenters. The first-order valence-corrected chi connectivity index (χ1v) is 4.65.